The second kappa shape index (κ2) is 12.9. The molecule has 0 saturated heterocycles. The molecule has 220 valence electrons. The minimum Gasteiger partial charge on any atom is -0.478 e. The molecule has 43 heavy (non-hydrogen) atoms. The predicted molar refractivity (Wildman–Crippen MR) is 158 cm³/mol. The van der Waals surface area contributed by atoms with E-state index >= 15 is 0 Å². The third-order valence-corrected chi connectivity index (χ3v) is 7.41. The highest BCUT2D eigenvalue weighted by molar-refractivity contribution is 6.42. The van der Waals surface area contributed by atoms with Gasteiger partial charge in [-0.2, -0.15) is 0 Å². The Morgan fingerprint density at radius 2 is 1.30 bits per heavy atom. The van der Waals surface area contributed by atoms with E-state index in [1.54, 1.807) is 36.4 Å². The van der Waals surface area contributed by atoms with E-state index in [9.17, 15) is 39.3 Å². The molecule has 0 spiro atoms. The van der Waals surface area contributed by atoms with Crippen LogP contribution >= 0.6 is 23.2 Å². The summed E-state index contributed by atoms with van der Waals surface area (Å²) in [4.78, 5) is 61.7. The molecular formula is C31H23Cl2NO9. The fourth-order valence-corrected chi connectivity index (χ4v) is 4.76. The first kappa shape index (κ1) is 31.0. The molecule has 4 rings (SSSR count). The molecule has 0 aromatic heterocycles. The number of hydrogen-bond donors (Lipinski definition) is 4. The lowest BCUT2D eigenvalue weighted by Gasteiger charge is -2.26. The van der Waals surface area contributed by atoms with Gasteiger partial charge >= 0.3 is 23.9 Å². The minimum atomic E-state index is -1.68. The molecular weight excluding hydrogens is 601 g/mol. The maximum absolute atomic E-state index is 13.3. The van der Waals surface area contributed by atoms with E-state index in [-0.39, 0.29) is 17.0 Å². The fourth-order valence-electron chi connectivity index (χ4n) is 4.44. The van der Waals surface area contributed by atoms with Crippen molar-refractivity contribution in [3.05, 3.63) is 116 Å². The van der Waals surface area contributed by atoms with Crippen LogP contribution in [0.1, 0.15) is 64.3 Å². The van der Waals surface area contributed by atoms with E-state index < -0.39 is 64.2 Å². The molecule has 0 unspecified atom stereocenters. The molecule has 0 aliphatic carbocycles. The number of carboxylic acid groups (broad SMARTS) is 3. The summed E-state index contributed by atoms with van der Waals surface area (Å²) >= 11 is 12.2. The third kappa shape index (κ3) is 7.11. The zero-order valence-electron chi connectivity index (χ0n) is 22.3. The van der Waals surface area contributed by atoms with E-state index in [1.807, 2.05) is 24.3 Å². The molecule has 4 aromatic rings. The monoisotopic (exact) mass is 623 g/mol. The molecule has 4 N–H and O–H groups in total. The fraction of sp³-hybridized carbons (Fsp3) is 0.129. The Kier molecular flexibility index (Phi) is 9.33. The lowest BCUT2D eigenvalue weighted by molar-refractivity contribution is 0.0215. The van der Waals surface area contributed by atoms with Gasteiger partial charge in [0.05, 0.1) is 43.9 Å². The number of benzene rings is 4. The van der Waals surface area contributed by atoms with E-state index in [4.69, 9.17) is 27.9 Å². The summed E-state index contributed by atoms with van der Waals surface area (Å²) < 4.78 is 5.83. The molecule has 4 aromatic carbocycles. The number of amides is 1. The molecule has 0 fully saturated rings. The van der Waals surface area contributed by atoms with Crippen molar-refractivity contribution in [2.45, 2.75) is 25.5 Å². The number of halogens is 2. The minimum absolute atomic E-state index is 0.0573. The Hall–Kier alpha value is -4.93. The first-order valence-electron chi connectivity index (χ1n) is 12.7. The Morgan fingerprint density at radius 3 is 1.91 bits per heavy atom. The highest BCUT2D eigenvalue weighted by Crippen LogP contribution is 2.25. The normalized spacial score (nSPS) is 12.3. The highest BCUT2D eigenvalue weighted by Gasteiger charge is 2.29. The number of nitrogens with one attached hydrogen (secondary N) is 1. The highest BCUT2D eigenvalue weighted by atomic mass is 35.5. The van der Waals surface area contributed by atoms with E-state index in [0.717, 1.165) is 10.8 Å². The molecule has 0 saturated carbocycles. The second-order valence-corrected chi connectivity index (χ2v) is 10.4. The maximum atomic E-state index is 13.3. The van der Waals surface area contributed by atoms with Gasteiger partial charge in [-0.25, -0.2) is 19.2 Å². The number of aromatic carboxylic acids is 3. The average molecular weight is 624 g/mol. The summed E-state index contributed by atoms with van der Waals surface area (Å²) in [7, 11) is 0. The summed E-state index contributed by atoms with van der Waals surface area (Å²) in [5, 5.41) is 33.3. The number of ether oxygens (including phenoxy) is 1. The van der Waals surface area contributed by atoms with Crippen LogP contribution in [0.15, 0.2) is 72.8 Å². The maximum Gasteiger partial charge on any atom is 0.338 e. The SMILES string of the molecule is C[C@H](NC(=O)c1cc(C(=O)O)c(C(=O)O)cc1C(=O)O)[C@@H](Cc1ccc(Cl)c(Cl)c1)OC(=O)c1ccc2ccccc2c1. The molecule has 1 amide bonds. The first-order chi connectivity index (χ1) is 20.3. The van der Waals surface area contributed by atoms with Crippen molar-refractivity contribution >= 4 is 63.8 Å². The van der Waals surface area contributed by atoms with Crippen LogP contribution < -0.4 is 5.32 Å². The van der Waals surface area contributed by atoms with E-state index in [1.165, 1.54) is 6.92 Å². The number of carbonyl (C=O) groups excluding carboxylic acids is 2. The molecule has 0 aliphatic heterocycles. The van der Waals surface area contributed by atoms with Crippen LogP contribution in [0, 0.1) is 0 Å². The van der Waals surface area contributed by atoms with Crippen molar-refractivity contribution in [1.29, 1.82) is 0 Å². The van der Waals surface area contributed by atoms with Crippen LogP contribution in [-0.2, 0) is 11.2 Å². The van der Waals surface area contributed by atoms with Gasteiger partial charge in [0.25, 0.3) is 5.91 Å². The number of carboxylic acids is 3. The van der Waals surface area contributed by atoms with Gasteiger partial charge in [-0.05, 0) is 59.7 Å². The number of rotatable bonds is 10. The summed E-state index contributed by atoms with van der Waals surface area (Å²) in [6.45, 7) is 1.51. The Labute approximate surface area is 254 Å². The van der Waals surface area contributed by atoms with Crippen molar-refractivity contribution in [2.24, 2.45) is 0 Å². The number of fused-ring (bicyclic) bond motifs is 1. The van der Waals surface area contributed by atoms with E-state index in [0.29, 0.717) is 22.7 Å². The van der Waals surface area contributed by atoms with Crippen molar-refractivity contribution in [2.75, 3.05) is 0 Å². The van der Waals surface area contributed by atoms with Crippen molar-refractivity contribution < 1.29 is 44.0 Å². The van der Waals surface area contributed by atoms with Crippen molar-refractivity contribution in [3.63, 3.8) is 0 Å². The van der Waals surface area contributed by atoms with Gasteiger partial charge in [-0.1, -0.05) is 59.6 Å². The molecule has 10 nitrogen and oxygen atoms in total. The van der Waals surface area contributed by atoms with E-state index in [2.05, 4.69) is 5.32 Å². The van der Waals surface area contributed by atoms with Crippen LogP contribution in [0.25, 0.3) is 10.8 Å². The quantitative estimate of drug-likeness (QED) is 0.159. The largest absolute Gasteiger partial charge is 0.478 e. The van der Waals surface area contributed by atoms with Gasteiger partial charge in [0, 0.05) is 6.42 Å². The summed E-state index contributed by atoms with van der Waals surface area (Å²) in [5.74, 6) is -6.71. The Bertz CT molecular complexity index is 1790. The first-order valence-corrected chi connectivity index (χ1v) is 13.4. The Balaban J connectivity index is 1.67. The molecule has 0 heterocycles. The van der Waals surface area contributed by atoms with Crippen LogP contribution in [0.3, 0.4) is 0 Å². The predicted octanol–water partition coefficient (Wildman–Crippen LogP) is 5.83. The third-order valence-electron chi connectivity index (χ3n) is 6.67. The van der Waals surface area contributed by atoms with Crippen LogP contribution in [0.4, 0.5) is 0 Å². The zero-order valence-corrected chi connectivity index (χ0v) is 23.8. The van der Waals surface area contributed by atoms with Gasteiger partial charge < -0.3 is 25.4 Å². The standard InChI is InChI=1S/C31H23Cl2NO9/c1-15(34-27(35)20-13-22(29(38)39)23(30(40)41)14-21(20)28(36)37)26(11-16-6-9-24(32)25(33)10-16)43-31(42)19-8-7-17-4-2-3-5-18(17)12-19/h2-10,12-15,26H,11H2,1H3,(H,34,35)(H,36,37)(H,38,39)(H,40,41)/t15-,26+/m0/s1. The van der Waals surface area contributed by atoms with Crippen molar-refractivity contribution in [1.82, 2.24) is 5.32 Å². The summed E-state index contributed by atoms with van der Waals surface area (Å²) in [6, 6.07) is 17.6. The zero-order chi connectivity index (χ0) is 31.4. The lowest BCUT2D eigenvalue weighted by atomic mass is 9.96. The Morgan fingerprint density at radius 1 is 0.721 bits per heavy atom. The number of hydrogen-bond acceptors (Lipinski definition) is 6. The van der Waals surface area contributed by atoms with Gasteiger partial charge in [-0.3, -0.25) is 4.79 Å². The molecule has 2 atom stereocenters. The molecule has 0 aliphatic rings. The van der Waals surface area contributed by atoms with Gasteiger partial charge in [-0.15, -0.1) is 0 Å². The number of esters is 1. The van der Waals surface area contributed by atoms with Crippen LogP contribution in [0.2, 0.25) is 10.0 Å². The summed E-state index contributed by atoms with van der Waals surface area (Å²) in [6.07, 6.45) is -0.965. The molecule has 0 bridgehead atoms. The smallest absolute Gasteiger partial charge is 0.338 e. The van der Waals surface area contributed by atoms with Gasteiger partial charge in [0.15, 0.2) is 0 Å². The van der Waals surface area contributed by atoms with Crippen LogP contribution in [-0.4, -0.2) is 57.2 Å². The average Bonchev–Trinajstić information content (AvgIpc) is 2.97. The second-order valence-electron chi connectivity index (χ2n) is 9.58. The van der Waals surface area contributed by atoms with Gasteiger partial charge in [0.1, 0.15) is 6.10 Å². The van der Waals surface area contributed by atoms with Crippen molar-refractivity contribution in [3.8, 4) is 0 Å². The molecule has 0 radical (unpaired) electrons. The van der Waals surface area contributed by atoms with Crippen LogP contribution in [0.5, 0.6) is 0 Å². The summed E-state index contributed by atoms with van der Waals surface area (Å²) in [5.41, 5.74) is -2.02. The number of carbonyl (C=O) groups is 5. The lowest BCUT2D eigenvalue weighted by Crippen LogP contribution is -2.44. The topological polar surface area (TPSA) is 167 Å². The van der Waals surface area contributed by atoms with Gasteiger partial charge in [0.2, 0.25) is 0 Å². The molecule has 12 heteroatoms.